The van der Waals surface area contributed by atoms with E-state index in [0.29, 0.717) is 25.7 Å². The summed E-state index contributed by atoms with van der Waals surface area (Å²) in [5.41, 5.74) is -0.923. The van der Waals surface area contributed by atoms with E-state index in [-0.39, 0.29) is 22.9 Å². The van der Waals surface area contributed by atoms with Crippen molar-refractivity contribution in [1.82, 2.24) is 4.72 Å². The molecule has 0 aromatic heterocycles. The molecule has 0 spiro atoms. The summed E-state index contributed by atoms with van der Waals surface area (Å²) in [6.45, 7) is 1.74. The number of sulfonamides is 2. The maximum atomic E-state index is 14.1. The molecule has 0 bridgehead atoms. The average molecular weight is 417 g/mol. The van der Waals surface area contributed by atoms with Crippen LogP contribution in [0.15, 0.2) is 33.3 Å². The Hall–Kier alpha value is -2.03. The molecule has 0 saturated heterocycles. The van der Waals surface area contributed by atoms with Gasteiger partial charge in [0.05, 0.1) is 16.3 Å². The Balaban J connectivity index is 2.00. The maximum Gasteiger partial charge on any atom is 0.240 e. The lowest BCUT2D eigenvalue weighted by atomic mass is 10.1. The summed E-state index contributed by atoms with van der Waals surface area (Å²) in [6, 6.07) is 2.98. The molecule has 8 nitrogen and oxygen atoms in total. The predicted octanol–water partition coefficient (Wildman–Crippen LogP) is 2.22. The van der Waals surface area contributed by atoms with Crippen molar-refractivity contribution in [3.05, 3.63) is 24.0 Å². The molecule has 1 aliphatic rings. The molecule has 1 aromatic rings. The molecule has 1 aliphatic heterocycles. The summed E-state index contributed by atoms with van der Waals surface area (Å²) in [6.07, 6.45) is 6.95. The van der Waals surface area contributed by atoms with Crippen LogP contribution in [0.5, 0.6) is 0 Å². The molecule has 11 heteroatoms. The highest BCUT2D eigenvalue weighted by atomic mass is 32.2. The normalized spacial score (nSPS) is 15.3. The van der Waals surface area contributed by atoms with E-state index in [0.717, 1.165) is 18.2 Å². The minimum absolute atomic E-state index is 0.0619. The van der Waals surface area contributed by atoms with Gasteiger partial charge in [0.25, 0.3) is 0 Å². The molecule has 0 amide bonds. The number of rotatable bonds is 11. The summed E-state index contributed by atoms with van der Waals surface area (Å²) in [7, 11) is -7.64. The third-order valence-electron chi connectivity index (χ3n) is 3.86. The van der Waals surface area contributed by atoms with E-state index in [1.165, 1.54) is 0 Å². The second-order valence-corrected chi connectivity index (χ2v) is 9.71. The summed E-state index contributed by atoms with van der Waals surface area (Å²) in [5, 5.41) is 7.82. The van der Waals surface area contributed by atoms with E-state index in [1.54, 1.807) is 6.92 Å². The first-order valence-corrected chi connectivity index (χ1v) is 11.4. The Bertz CT molecular complexity index is 963. The number of hydrogen-bond donors (Lipinski definition) is 2. The Morgan fingerprint density at radius 2 is 1.93 bits per heavy atom. The van der Waals surface area contributed by atoms with E-state index in [1.807, 2.05) is 0 Å². The Morgan fingerprint density at radius 1 is 1.22 bits per heavy atom. The van der Waals surface area contributed by atoms with Crippen LogP contribution < -0.4 is 9.44 Å². The van der Waals surface area contributed by atoms with Crippen molar-refractivity contribution >= 4 is 25.7 Å². The molecule has 0 aliphatic carbocycles. The molecule has 0 unspecified atom stereocenters. The first-order chi connectivity index (χ1) is 12.6. The first kappa shape index (κ1) is 21.3. The minimum atomic E-state index is -3.96. The monoisotopic (exact) mass is 416 g/mol. The van der Waals surface area contributed by atoms with Crippen LogP contribution in [0.25, 0.3) is 0 Å². The van der Waals surface area contributed by atoms with Crippen LogP contribution in [0, 0.1) is 18.2 Å². The van der Waals surface area contributed by atoms with Crippen LogP contribution in [0.4, 0.5) is 10.1 Å². The van der Waals surface area contributed by atoms with Gasteiger partial charge >= 0.3 is 0 Å². The SMILES string of the molecule is C#CCCC1(CCNS(=O)(=O)c2ccc(NS(=O)(=O)CCC)c(F)c2)N=N1. The third-order valence-corrected chi connectivity index (χ3v) is 6.79. The fourth-order valence-electron chi connectivity index (χ4n) is 2.37. The zero-order chi connectivity index (χ0) is 20.1. The molecule has 2 N–H and O–H groups in total. The van der Waals surface area contributed by atoms with Gasteiger partial charge in [-0.1, -0.05) is 6.92 Å². The Labute approximate surface area is 158 Å². The van der Waals surface area contributed by atoms with Gasteiger partial charge in [-0.3, -0.25) is 4.72 Å². The van der Waals surface area contributed by atoms with Gasteiger partial charge in [0.2, 0.25) is 20.0 Å². The van der Waals surface area contributed by atoms with E-state index in [4.69, 9.17) is 6.42 Å². The standard InChI is InChI=1S/C16H21FN4O4S2/c1-3-5-8-16(20-21-16)9-10-18-27(24,25)13-6-7-15(14(17)12-13)19-26(22,23)11-4-2/h1,6-7,12,18-19H,4-5,8-11H2,2H3. The fourth-order valence-corrected chi connectivity index (χ4v) is 4.55. The van der Waals surface area contributed by atoms with Crippen molar-refractivity contribution in [3.63, 3.8) is 0 Å². The van der Waals surface area contributed by atoms with E-state index < -0.39 is 31.5 Å². The van der Waals surface area contributed by atoms with Gasteiger partial charge in [-0.25, -0.2) is 25.9 Å². The highest BCUT2D eigenvalue weighted by molar-refractivity contribution is 7.92. The molecular weight excluding hydrogens is 395 g/mol. The van der Waals surface area contributed by atoms with Crippen LogP contribution in [0.3, 0.4) is 0 Å². The van der Waals surface area contributed by atoms with Gasteiger partial charge in [-0.2, -0.15) is 10.2 Å². The lowest BCUT2D eigenvalue weighted by Gasteiger charge is -2.12. The second kappa shape index (κ2) is 8.33. The molecule has 0 saturated carbocycles. The topological polar surface area (TPSA) is 117 Å². The number of nitrogens with zero attached hydrogens (tertiary/aromatic N) is 2. The summed E-state index contributed by atoms with van der Waals surface area (Å²) in [4.78, 5) is -0.305. The van der Waals surface area contributed by atoms with Crippen molar-refractivity contribution in [2.75, 3.05) is 17.0 Å². The van der Waals surface area contributed by atoms with E-state index >= 15 is 0 Å². The highest BCUT2D eigenvalue weighted by Crippen LogP contribution is 2.36. The van der Waals surface area contributed by atoms with E-state index in [2.05, 4.69) is 25.6 Å². The summed E-state index contributed by atoms with van der Waals surface area (Å²) < 4.78 is 66.6. The maximum absolute atomic E-state index is 14.1. The number of halogens is 1. The number of nitrogens with one attached hydrogen (secondary N) is 2. The molecule has 1 aromatic carbocycles. The molecule has 148 valence electrons. The number of benzene rings is 1. The van der Waals surface area contributed by atoms with Crippen molar-refractivity contribution in [3.8, 4) is 12.3 Å². The number of terminal acetylenes is 1. The smallest absolute Gasteiger partial charge is 0.240 e. The molecule has 1 heterocycles. The van der Waals surface area contributed by atoms with Crippen molar-refractivity contribution in [2.24, 2.45) is 10.2 Å². The third kappa shape index (κ3) is 5.98. The number of anilines is 1. The van der Waals surface area contributed by atoms with Gasteiger partial charge in [0.15, 0.2) is 5.66 Å². The van der Waals surface area contributed by atoms with Crippen molar-refractivity contribution < 1.29 is 21.2 Å². The van der Waals surface area contributed by atoms with Crippen LogP contribution in [-0.2, 0) is 20.0 Å². The fraction of sp³-hybridized carbons (Fsp3) is 0.500. The van der Waals surface area contributed by atoms with E-state index in [9.17, 15) is 21.2 Å². The van der Waals surface area contributed by atoms with Gasteiger partial charge in [-0.05, 0) is 24.6 Å². The lowest BCUT2D eigenvalue weighted by Crippen LogP contribution is -2.28. The zero-order valence-electron chi connectivity index (χ0n) is 14.8. The molecular formula is C16H21FN4O4S2. The van der Waals surface area contributed by atoms with Crippen LogP contribution >= 0.6 is 0 Å². The molecule has 0 fully saturated rings. The Kier molecular flexibility index (Phi) is 6.56. The summed E-state index contributed by atoms with van der Waals surface area (Å²) >= 11 is 0. The lowest BCUT2D eigenvalue weighted by molar-refractivity contribution is 0.505. The van der Waals surface area contributed by atoms with Gasteiger partial charge < -0.3 is 0 Å². The van der Waals surface area contributed by atoms with Crippen LogP contribution in [0.1, 0.15) is 32.6 Å². The van der Waals surface area contributed by atoms with Crippen molar-refractivity contribution in [1.29, 1.82) is 0 Å². The van der Waals surface area contributed by atoms with Gasteiger partial charge in [0, 0.05) is 25.8 Å². The molecule has 27 heavy (non-hydrogen) atoms. The first-order valence-electron chi connectivity index (χ1n) is 8.30. The van der Waals surface area contributed by atoms with Crippen LogP contribution in [-0.4, -0.2) is 34.8 Å². The molecule has 0 atom stereocenters. The van der Waals surface area contributed by atoms with Crippen LogP contribution in [0.2, 0.25) is 0 Å². The number of hydrogen-bond acceptors (Lipinski definition) is 6. The Morgan fingerprint density at radius 3 is 2.48 bits per heavy atom. The van der Waals surface area contributed by atoms with Gasteiger partial charge in [-0.15, -0.1) is 12.3 Å². The summed E-state index contributed by atoms with van der Waals surface area (Å²) in [5.74, 6) is 1.34. The average Bonchev–Trinajstić information content (AvgIpc) is 3.34. The largest absolute Gasteiger partial charge is 0.281 e. The van der Waals surface area contributed by atoms with Gasteiger partial charge in [0.1, 0.15) is 5.82 Å². The highest BCUT2D eigenvalue weighted by Gasteiger charge is 2.38. The molecule has 2 rings (SSSR count). The zero-order valence-corrected chi connectivity index (χ0v) is 16.4. The predicted molar refractivity (Wildman–Crippen MR) is 99.6 cm³/mol. The molecule has 0 radical (unpaired) electrons. The second-order valence-electron chi connectivity index (χ2n) is 6.10. The quantitative estimate of drug-likeness (QED) is 0.538. The van der Waals surface area contributed by atoms with Crippen molar-refractivity contribution in [2.45, 2.75) is 43.2 Å². The minimum Gasteiger partial charge on any atom is -0.281 e.